The highest BCUT2D eigenvalue weighted by molar-refractivity contribution is 5.27. The molecule has 2 atom stereocenters. The van der Waals surface area contributed by atoms with Crippen LogP contribution in [0.5, 0.6) is 5.75 Å². The summed E-state index contributed by atoms with van der Waals surface area (Å²) in [5.74, 6) is 0.846. The van der Waals surface area contributed by atoms with Gasteiger partial charge in [0.05, 0.1) is 5.60 Å². The van der Waals surface area contributed by atoms with Crippen LogP contribution in [0.15, 0.2) is 24.3 Å². The topological polar surface area (TPSA) is 40.5 Å². The molecule has 0 saturated heterocycles. The summed E-state index contributed by atoms with van der Waals surface area (Å²) in [5, 5.41) is 20.1. The number of phenolic OH excluding ortho intramolecular Hbond substituents is 1. The van der Waals surface area contributed by atoms with Gasteiger partial charge in [0.2, 0.25) is 0 Å². The molecule has 1 aromatic carbocycles. The van der Waals surface area contributed by atoms with Crippen LogP contribution in [0.25, 0.3) is 0 Å². The lowest BCUT2D eigenvalue weighted by atomic mass is 9.64. The van der Waals surface area contributed by atoms with E-state index in [0.29, 0.717) is 12.3 Å². The molecule has 0 bridgehead atoms. The Hall–Kier alpha value is -1.02. The third-order valence-electron chi connectivity index (χ3n) is 3.91. The van der Waals surface area contributed by atoms with Crippen LogP contribution >= 0.6 is 0 Å². The molecule has 0 heterocycles. The molecule has 1 aliphatic rings. The van der Waals surface area contributed by atoms with Gasteiger partial charge in [0.25, 0.3) is 0 Å². The molecule has 0 spiro atoms. The normalized spacial score (nSPS) is 31.2. The fourth-order valence-electron chi connectivity index (χ4n) is 3.83. The fraction of sp³-hybridized carbons (Fsp3) is 0.625. The summed E-state index contributed by atoms with van der Waals surface area (Å²) >= 11 is 0. The van der Waals surface area contributed by atoms with E-state index in [1.54, 1.807) is 12.1 Å². The van der Waals surface area contributed by atoms with Crippen LogP contribution in [0.3, 0.4) is 0 Å². The molecule has 2 unspecified atom stereocenters. The first-order valence-electron chi connectivity index (χ1n) is 6.78. The van der Waals surface area contributed by atoms with E-state index in [4.69, 9.17) is 0 Å². The second kappa shape index (κ2) is 4.58. The van der Waals surface area contributed by atoms with Crippen molar-refractivity contribution in [3.8, 4) is 5.75 Å². The van der Waals surface area contributed by atoms with Gasteiger partial charge in [-0.3, -0.25) is 0 Å². The van der Waals surface area contributed by atoms with E-state index in [9.17, 15) is 10.2 Å². The Balaban J connectivity index is 2.13. The minimum absolute atomic E-state index is 0.212. The van der Waals surface area contributed by atoms with Crippen molar-refractivity contribution in [3.05, 3.63) is 29.8 Å². The lowest BCUT2D eigenvalue weighted by molar-refractivity contribution is -0.0574. The molecule has 1 saturated carbocycles. The van der Waals surface area contributed by atoms with Crippen LogP contribution in [-0.4, -0.2) is 15.8 Å². The lowest BCUT2D eigenvalue weighted by Crippen LogP contribution is -2.43. The van der Waals surface area contributed by atoms with Crippen molar-refractivity contribution in [2.45, 2.75) is 52.1 Å². The lowest BCUT2D eigenvalue weighted by Gasteiger charge is -2.44. The highest BCUT2D eigenvalue weighted by atomic mass is 16.3. The minimum Gasteiger partial charge on any atom is -0.508 e. The second-order valence-corrected chi connectivity index (χ2v) is 6.92. The SMILES string of the molecule is CC1CC(C)(C)CC(O)(Cc2ccc(O)cc2)C1. The van der Waals surface area contributed by atoms with Crippen LogP contribution in [-0.2, 0) is 6.42 Å². The van der Waals surface area contributed by atoms with Gasteiger partial charge in [-0.15, -0.1) is 0 Å². The number of hydrogen-bond acceptors (Lipinski definition) is 2. The van der Waals surface area contributed by atoms with E-state index in [2.05, 4.69) is 20.8 Å². The Morgan fingerprint density at radius 3 is 2.33 bits per heavy atom. The monoisotopic (exact) mass is 248 g/mol. The van der Waals surface area contributed by atoms with E-state index in [1.165, 1.54) is 6.42 Å². The number of phenols is 1. The zero-order chi connectivity index (χ0) is 13.4. The maximum absolute atomic E-state index is 10.8. The molecule has 2 N–H and O–H groups in total. The van der Waals surface area contributed by atoms with Crippen LogP contribution in [0.2, 0.25) is 0 Å². The van der Waals surface area contributed by atoms with Gasteiger partial charge in [-0.05, 0) is 48.3 Å². The molecule has 100 valence electrons. The number of hydrogen-bond donors (Lipinski definition) is 2. The van der Waals surface area contributed by atoms with Crippen molar-refractivity contribution in [2.75, 3.05) is 0 Å². The Labute approximate surface area is 110 Å². The summed E-state index contributed by atoms with van der Waals surface area (Å²) in [5.41, 5.74) is 0.710. The first-order chi connectivity index (χ1) is 8.28. The van der Waals surface area contributed by atoms with E-state index in [0.717, 1.165) is 18.4 Å². The Bertz CT molecular complexity index is 408. The highest BCUT2D eigenvalue weighted by Crippen LogP contribution is 2.45. The highest BCUT2D eigenvalue weighted by Gasteiger charge is 2.41. The smallest absolute Gasteiger partial charge is 0.115 e. The number of rotatable bonds is 2. The molecule has 0 amide bonds. The quantitative estimate of drug-likeness (QED) is 0.840. The maximum atomic E-state index is 10.8. The summed E-state index contributed by atoms with van der Waals surface area (Å²) in [4.78, 5) is 0. The summed E-state index contributed by atoms with van der Waals surface area (Å²) in [7, 11) is 0. The van der Waals surface area contributed by atoms with Gasteiger partial charge in [0.1, 0.15) is 5.75 Å². The predicted molar refractivity (Wildman–Crippen MR) is 73.6 cm³/mol. The molecule has 2 heteroatoms. The molecule has 0 radical (unpaired) electrons. The molecule has 1 aliphatic carbocycles. The van der Waals surface area contributed by atoms with Crippen molar-refractivity contribution in [2.24, 2.45) is 11.3 Å². The van der Waals surface area contributed by atoms with E-state index >= 15 is 0 Å². The third kappa shape index (κ3) is 3.26. The Morgan fingerprint density at radius 2 is 1.78 bits per heavy atom. The molecule has 1 aromatic rings. The fourth-order valence-corrected chi connectivity index (χ4v) is 3.83. The summed E-state index contributed by atoms with van der Waals surface area (Å²) in [6.07, 6.45) is 3.59. The van der Waals surface area contributed by atoms with Crippen LogP contribution in [0.4, 0.5) is 0 Å². The van der Waals surface area contributed by atoms with Gasteiger partial charge in [-0.1, -0.05) is 32.9 Å². The third-order valence-corrected chi connectivity index (χ3v) is 3.91. The molecule has 2 nitrogen and oxygen atoms in total. The van der Waals surface area contributed by atoms with Gasteiger partial charge in [0, 0.05) is 6.42 Å². The zero-order valence-electron chi connectivity index (χ0n) is 11.6. The largest absolute Gasteiger partial charge is 0.508 e. The Kier molecular flexibility index (Phi) is 3.41. The van der Waals surface area contributed by atoms with E-state index in [1.807, 2.05) is 12.1 Å². The minimum atomic E-state index is -0.599. The number of benzene rings is 1. The molecular weight excluding hydrogens is 224 g/mol. The summed E-state index contributed by atoms with van der Waals surface area (Å²) in [6, 6.07) is 7.19. The van der Waals surface area contributed by atoms with Crippen LogP contribution in [0.1, 0.15) is 45.6 Å². The molecule has 1 fully saturated rings. The van der Waals surface area contributed by atoms with E-state index in [-0.39, 0.29) is 11.2 Å². The molecule has 0 aromatic heterocycles. The molecular formula is C16H24O2. The average molecular weight is 248 g/mol. The maximum Gasteiger partial charge on any atom is 0.115 e. The second-order valence-electron chi connectivity index (χ2n) is 6.92. The van der Waals surface area contributed by atoms with Gasteiger partial charge in [0.15, 0.2) is 0 Å². The first-order valence-corrected chi connectivity index (χ1v) is 6.78. The zero-order valence-corrected chi connectivity index (χ0v) is 11.6. The van der Waals surface area contributed by atoms with Crippen molar-refractivity contribution < 1.29 is 10.2 Å². The van der Waals surface area contributed by atoms with Crippen LogP contribution in [0, 0.1) is 11.3 Å². The van der Waals surface area contributed by atoms with Crippen molar-refractivity contribution in [3.63, 3.8) is 0 Å². The molecule has 18 heavy (non-hydrogen) atoms. The predicted octanol–water partition coefficient (Wildman–Crippen LogP) is 3.51. The van der Waals surface area contributed by atoms with Crippen molar-refractivity contribution in [1.82, 2.24) is 0 Å². The van der Waals surface area contributed by atoms with Gasteiger partial charge < -0.3 is 10.2 Å². The van der Waals surface area contributed by atoms with E-state index < -0.39 is 5.60 Å². The standard InChI is InChI=1S/C16H24O2/c1-12-8-15(2,3)11-16(18,9-12)10-13-4-6-14(17)7-5-13/h4-7,12,17-18H,8-11H2,1-3H3. The van der Waals surface area contributed by atoms with Gasteiger partial charge >= 0.3 is 0 Å². The van der Waals surface area contributed by atoms with Crippen molar-refractivity contribution in [1.29, 1.82) is 0 Å². The summed E-state index contributed by atoms with van der Waals surface area (Å²) < 4.78 is 0. The average Bonchev–Trinajstić information content (AvgIpc) is 2.17. The van der Waals surface area contributed by atoms with Crippen LogP contribution < -0.4 is 0 Å². The Morgan fingerprint density at radius 1 is 1.17 bits per heavy atom. The first kappa shape index (κ1) is 13.4. The number of aromatic hydroxyl groups is 1. The molecule has 2 rings (SSSR count). The molecule has 0 aliphatic heterocycles. The number of aliphatic hydroxyl groups is 1. The summed E-state index contributed by atoms with van der Waals surface area (Å²) in [6.45, 7) is 6.71. The van der Waals surface area contributed by atoms with Gasteiger partial charge in [-0.2, -0.15) is 0 Å². The van der Waals surface area contributed by atoms with Crippen molar-refractivity contribution >= 4 is 0 Å². The van der Waals surface area contributed by atoms with Gasteiger partial charge in [-0.25, -0.2) is 0 Å².